The predicted molar refractivity (Wildman–Crippen MR) is 346 cm³/mol. The van der Waals surface area contributed by atoms with Crippen molar-refractivity contribution in [2.75, 3.05) is 40.9 Å². The molecule has 9 nitrogen and oxygen atoms in total. The fourth-order valence-electron chi connectivity index (χ4n) is 9.93. The van der Waals surface area contributed by atoms with E-state index in [-0.39, 0.29) is 31.5 Å². The van der Waals surface area contributed by atoms with E-state index < -0.39 is 20.0 Å². The third-order valence-corrected chi connectivity index (χ3v) is 16.2. The molecule has 0 aliphatic rings. The molecule has 3 atom stereocenters. The number of quaternary nitrogens is 1. The molecule has 0 spiro atoms. The summed E-state index contributed by atoms with van der Waals surface area (Å²) < 4.78 is 30.8. The van der Waals surface area contributed by atoms with E-state index in [9.17, 15) is 19.0 Å². The van der Waals surface area contributed by atoms with Gasteiger partial charge in [0, 0.05) is 12.8 Å². The van der Waals surface area contributed by atoms with Crippen LogP contribution < -0.4 is 5.32 Å². The molecule has 0 aliphatic carbocycles. The second-order valence-electron chi connectivity index (χ2n) is 24.4. The van der Waals surface area contributed by atoms with Crippen molar-refractivity contribution in [1.82, 2.24) is 5.32 Å². The maximum Gasteiger partial charge on any atom is 0.472 e. The number of likely N-dealkylation sites (N-methyl/N-ethyl adjacent to an activating group) is 1. The zero-order chi connectivity index (χ0) is 58.6. The first-order chi connectivity index (χ1) is 38.9. The monoisotopic (exact) mass is 1140 g/mol. The van der Waals surface area contributed by atoms with E-state index in [1.54, 1.807) is 0 Å². The normalized spacial score (nSPS) is 13.9. The van der Waals surface area contributed by atoms with Crippen LogP contribution >= 0.6 is 7.82 Å². The first-order valence-electron chi connectivity index (χ1n) is 34.1. The Labute approximate surface area is 496 Å². The van der Waals surface area contributed by atoms with Crippen LogP contribution in [0.2, 0.25) is 0 Å². The molecule has 0 aromatic heterocycles. The number of rotatable bonds is 62. The van der Waals surface area contributed by atoms with Gasteiger partial charge in [-0.3, -0.25) is 18.6 Å². The number of carbonyl (C=O) groups is 2. The number of unbranched alkanes of at least 4 members (excludes halogenated alkanes) is 38. The molecule has 80 heavy (non-hydrogen) atoms. The summed E-state index contributed by atoms with van der Waals surface area (Å²) in [5.74, 6) is -0.529. The van der Waals surface area contributed by atoms with Gasteiger partial charge in [0.25, 0.3) is 0 Å². The third kappa shape index (κ3) is 60.3. The van der Waals surface area contributed by atoms with Crippen molar-refractivity contribution in [2.24, 2.45) is 0 Å². The lowest BCUT2D eigenvalue weighted by Crippen LogP contribution is -2.47. The van der Waals surface area contributed by atoms with Crippen LogP contribution in [0.15, 0.2) is 60.8 Å². The molecule has 0 radical (unpaired) electrons. The first-order valence-corrected chi connectivity index (χ1v) is 35.6. The standard InChI is InChI=1S/C70H131N2O7P/c1-7-10-13-16-19-22-25-28-30-32-34-35-36-37-39-41-43-45-48-51-54-57-60-63-70(74)79-68(61-58-55-52-49-46-27-24-21-18-15-12-9-3)67(66-78-80(75,76)77-65-64-72(4,5)6)71-69(73)62-59-56-53-50-47-44-42-40-38-33-31-29-26-23-20-17-14-11-8-2/h20,23,29,31,38,40,44,47,58,61,67-68H,7-19,21-22,24-28,30,32-37,39,41-43,45-46,48-57,59-60,62-66H2,1-6H3,(H-,71,73,75,76)/p+1/b23-20-,31-29-,40-38-,47-44-,61-58+. The molecule has 468 valence electrons. The Hall–Kier alpha value is -2.29. The zero-order valence-corrected chi connectivity index (χ0v) is 54.5. The van der Waals surface area contributed by atoms with Gasteiger partial charge in [-0.05, 0) is 76.7 Å². The summed E-state index contributed by atoms with van der Waals surface area (Å²) >= 11 is 0. The van der Waals surface area contributed by atoms with E-state index in [1.807, 2.05) is 33.3 Å². The average Bonchev–Trinajstić information content (AvgIpc) is 3.42. The highest BCUT2D eigenvalue weighted by molar-refractivity contribution is 7.47. The number of hydrogen-bond acceptors (Lipinski definition) is 6. The van der Waals surface area contributed by atoms with E-state index in [2.05, 4.69) is 74.7 Å². The largest absolute Gasteiger partial charge is 0.472 e. The van der Waals surface area contributed by atoms with E-state index in [0.29, 0.717) is 23.9 Å². The van der Waals surface area contributed by atoms with Crippen molar-refractivity contribution < 1.29 is 37.3 Å². The van der Waals surface area contributed by atoms with Gasteiger partial charge in [-0.2, -0.15) is 0 Å². The molecule has 0 fully saturated rings. The number of nitrogens with one attached hydrogen (secondary N) is 1. The Morgan fingerprint density at radius 1 is 0.438 bits per heavy atom. The van der Waals surface area contributed by atoms with E-state index in [1.165, 1.54) is 205 Å². The number of hydrogen-bond donors (Lipinski definition) is 2. The molecule has 0 bridgehead atoms. The van der Waals surface area contributed by atoms with Gasteiger partial charge < -0.3 is 19.4 Å². The number of nitrogens with zero attached hydrogens (tertiary/aromatic N) is 1. The van der Waals surface area contributed by atoms with Gasteiger partial charge in [0.2, 0.25) is 5.91 Å². The predicted octanol–water partition coefficient (Wildman–Crippen LogP) is 21.4. The molecule has 2 N–H and O–H groups in total. The molecule has 10 heteroatoms. The van der Waals surface area contributed by atoms with Crippen molar-refractivity contribution in [2.45, 2.75) is 335 Å². The molecule has 0 rings (SSSR count). The molecule has 0 heterocycles. The van der Waals surface area contributed by atoms with E-state index >= 15 is 0 Å². The smallest absolute Gasteiger partial charge is 0.456 e. The molecular weight excluding hydrogens is 1010 g/mol. The van der Waals surface area contributed by atoms with E-state index in [4.69, 9.17) is 13.8 Å². The number of amides is 1. The number of esters is 1. The van der Waals surface area contributed by atoms with Crippen LogP contribution in [-0.4, -0.2) is 74.3 Å². The second-order valence-corrected chi connectivity index (χ2v) is 25.8. The summed E-state index contributed by atoms with van der Waals surface area (Å²) in [7, 11) is 1.48. The number of allylic oxidation sites excluding steroid dienone is 9. The van der Waals surface area contributed by atoms with Crippen molar-refractivity contribution in [1.29, 1.82) is 0 Å². The summed E-state index contributed by atoms with van der Waals surface area (Å²) in [5, 5.41) is 3.05. The summed E-state index contributed by atoms with van der Waals surface area (Å²) in [6.45, 7) is 7.00. The molecule has 1 amide bonds. The van der Waals surface area contributed by atoms with Crippen molar-refractivity contribution >= 4 is 19.7 Å². The maximum atomic E-state index is 13.6. The van der Waals surface area contributed by atoms with Gasteiger partial charge in [0.05, 0.1) is 33.8 Å². The minimum absolute atomic E-state index is 0.0338. The maximum absolute atomic E-state index is 13.6. The number of phosphoric ester groups is 1. The van der Waals surface area contributed by atoms with Gasteiger partial charge in [-0.1, -0.05) is 294 Å². The van der Waals surface area contributed by atoms with Gasteiger partial charge in [-0.15, -0.1) is 0 Å². The molecule has 0 aromatic rings. The Balaban J connectivity index is 5.16. The lowest BCUT2D eigenvalue weighted by molar-refractivity contribution is -0.870. The highest BCUT2D eigenvalue weighted by Gasteiger charge is 2.30. The molecule has 0 saturated carbocycles. The molecule has 0 aromatic carbocycles. The quantitative estimate of drug-likeness (QED) is 0.0205. The van der Waals surface area contributed by atoms with Crippen molar-refractivity contribution in [3.8, 4) is 0 Å². The van der Waals surface area contributed by atoms with E-state index in [0.717, 1.165) is 77.0 Å². The van der Waals surface area contributed by atoms with Crippen LogP contribution in [0.5, 0.6) is 0 Å². The molecule has 0 saturated heterocycles. The lowest BCUT2D eigenvalue weighted by atomic mass is 10.0. The van der Waals surface area contributed by atoms with Crippen LogP contribution in [0.25, 0.3) is 0 Å². The Bertz CT molecular complexity index is 1550. The number of phosphoric acid groups is 1. The van der Waals surface area contributed by atoms with Gasteiger partial charge in [0.15, 0.2) is 0 Å². The lowest BCUT2D eigenvalue weighted by Gasteiger charge is -2.27. The number of ether oxygens (including phenoxy) is 1. The topological polar surface area (TPSA) is 111 Å². The molecule has 0 aliphatic heterocycles. The van der Waals surface area contributed by atoms with Crippen LogP contribution in [0.1, 0.15) is 323 Å². The molecular formula is C70H132N2O7P+. The summed E-state index contributed by atoms with van der Waals surface area (Å²) in [5.41, 5.74) is 0. The third-order valence-electron chi connectivity index (χ3n) is 15.2. The minimum Gasteiger partial charge on any atom is -0.456 e. The highest BCUT2D eigenvalue weighted by atomic mass is 31.2. The summed E-state index contributed by atoms with van der Waals surface area (Å²) in [4.78, 5) is 37.8. The van der Waals surface area contributed by atoms with Crippen molar-refractivity contribution in [3.63, 3.8) is 0 Å². The van der Waals surface area contributed by atoms with Crippen LogP contribution in [0, 0.1) is 0 Å². The average molecular weight is 1140 g/mol. The Morgan fingerprint density at radius 2 is 0.762 bits per heavy atom. The summed E-state index contributed by atoms with van der Waals surface area (Å²) in [6, 6.07) is -0.865. The minimum atomic E-state index is -4.46. The van der Waals surface area contributed by atoms with Crippen LogP contribution in [0.4, 0.5) is 0 Å². The molecule has 3 unspecified atom stereocenters. The van der Waals surface area contributed by atoms with Gasteiger partial charge in [0.1, 0.15) is 19.3 Å². The SMILES string of the molecule is CCCCC/C=C\C/C=C\C/C=C\C/C=C\CCCCCC(=O)NC(COP(=O)(O)OCC[N+](C)(C)C)C(/C=C/CCCCCCCCCCCC)OC(=O)CCCCCCCCCCCCCCCCCCCCCCCCC. The Kier molecular flexibility index (Phi) is 58.1. The zero-order valence-electron chi connectivity index (χ0n) is 53.6. The van der Waals surface area contributed by atoms with Crippen LogP contribution in [-0.2, 0) is 27.9 Å². The van der Waals surface area contributed by atoms with Gasteiger partial charge >= 0.3 is 13.8 Å². The number of carbonyl (C=O) groups excluding carboxylic acids is 2. The van der Waals surface area contributed by atoms with Crippen molar-refractivity contribution in [3.05, 3.63) is 60.8 Å². The Morgan fingerprint density at radius 3 is 1.18 bits per heavy atom. The highest BCUT2D eigenvalue weighted by Crippen LogP contribution is 2.43. The van der Waals surface area contributed by atoms with Gasteiger partial charge in [-0.25, -0.2) is 4.57 Å². The fourth-order valence-corrected chi connectivity index (χ4v) is 10.7. The van der Waals surface area contributed by atoms with Crippen LogP contribution in [0.3, 0.4) is 0 Å². The second kappa shape index (κ2) is 59.9. The summed E-state index contributed by atoms with van der Waals surface area (Å²) in [6.07, 6.45) is 76.6. The fraction of sp³-hybridized carbons (Fsp3) is 0.829. The first kappa shape index (κ1) is 77.7.